The second-order valence-corrected chi connectivity index (χ2v) is 8.19. The number of hydrogen-bond donors (Lipinski definition) is 1. The van der Waals surface area contributed by atoms with Crippen LogP contribution in [0.3, 0.4) is 0 Å². The average molecular weight is 370 g/mol. The monoisotopic (exact) mass is 370 g/mol. The van der Waals surface area contributed by atoms with Gasteiger partial charge in [-0.25, -0.2) is 0 Å². The Morgan fingerprint density at radius 1 is 1.19 bits per heavy atom. The first-order valence-electron chi connectivity index (χ1n) is 9.88. The van der Waals surface area contributed by atoms with E-state index in [1.807, 2.05) is 11.0 Å². The van der Waals surface area contributed by atoms with Gasteiger partial charge in [-0.2, -0.15) is 0 Å². The Hall–Kier alpha value is -2.30. The molecular formula is C22H30N2O3. The van der Waals surface area contributed by atoms with Crippen LogP contribution in [0.15, 0.2) is 22.8 Å². The van der Waals surface area contributed by atoms with Gasteiger partial charge in [0, 0.05) is 36.5 Å². The maximum atomic E-state index is 12.5. The first kappa shape index (κ1) is 19.5. The molecule has 1 aliphatic rings. The van der Waals surface area contributed by atoms with Crippen molar-refractivity contribution in [2.45, 2.75) is 59.4 Å². The predicted octanol–water partition coefficient (Wildman–Crippen LogP) is 3.75. The maximum Gasteiger partial charge on any atom is 0.224 e. The minimum Gasteiger partial charge on any atom is -0.464 e. The van der Waals surface area contributed by atoms with Gasteiger partial charge in [0.15, 0.2) is 0 Å². The first-order chi connectivity index (χ1) is 12.8. The second-order valence-electron chi connectivity index (χ2n) is 8.19. The highest BCUT2D eigenvalue weighted by molar-refractivity contribution is 5.88. The van der Waals surface area contributed by atoms with Crippen molar-refractivity contribution in [3.8, 4) is 0 Å². The van der Waals surface area contributed by atoms with Crippen molar-refractivity contribution in [2.24, 2.45) is 5.92 Å². The molecule has 3 rings (SSSR count). The zero-order chi connectivity index (χ0) is 19.6. The molecule has 1 aromatic heterocycles. The van der Waals surface area contributed by atoms with Gasteiger partial charge in [0.1, 0.15) is 5.58 Å². The quantitative estimate of drug-likeness (QED) is 0.872. The minimum absolute atomic E-state index is 0.0166. The van der Waals surface area contributed by atoms with Gasteiger partial charge in [0.25, 0.3) is 0 Å². The highest BCUT2D eigenvalue weighted by Crippen LogP contribution is 2.25. The third-order valence-electron chi connectivity index (χ3n) is 5.42. The molecule has 1 aromatic carbocycles. The van der Waals surface area contributed by atoms with E-state index in [0.29, 0.717) is 18.8 Å². The molecule has 0 unspecified atom stereocenters. The van der Waals surface area contributed by atoms with E-state index in [0.717, 1.165) is 42.5 Å². The molecule has 1 N–H and O–H groups in total. The summed E-state index contributed by atoms with van der Waals surface area (Å²) in [4.78, 5) is 26.6. The Bertz CT molecular complexity index is 829. The molecule has 2 amide bonds. The van der Waals surface area contributed by atoms with E-state index in [2.05, 4.69) is 39.1 Å². The van der Waals surface area contributed by atoms with Crippen molar-refractivity contribution in [3.05, 3.63) is 35.1 Å². The van der Waals surface area contributed by atoms with Crippen molar-refractivity contribution in [2.75, 3.05) is 13.1 Å². The third kappa shape index (κ3) is 4.71. The highest BCUT2D eigenvalue weighted by atomic mass is 16.3. The number of aryl methyl sites for hydroxylation is 2. The summed E-state index contributed by atoms with van der Waals surface area (Å²) in [7, 11) is 0. The van der Waals surface area contributed by atoms with Crippen LogP contribution in [0.5, 0.6) is 0 Å². The Labute approximate surface area is 161 Å². The van der Waals surface area contributed by atoms with Gasteiger partial charge in [-0.05, 0) is 55.9 Å². The molecule has 1 aliphatic heterocycles. The van der Waals surface area contributed by atoms with Crippen LogP contribution in [0.4, 0.5) is 0 Å². The Morgan fingerprint density at radius 3 is 2.52 bits per heavy atom. The molecule has 0 atom stereocenters. The molecule has 0 saturated carbocycles. The fourth-order valence-corrected chi connectivity index (χ4v) is 3.68. The maximum absolute atomic E-state index is 12.5. The Morgan fingerprint density at radius 2 is 1.85 bits per heavy atom. The molecule has 0 radical (unpaired) electrons. The van der Waals surface area contributed by atoms with Crippen molar-refractivity contribution >= 4 is 22.8 Å². The topological polar surface area (TPSA) is 62.6 Å². The van der Waals surface area contributed by atoms with Crippen LogP contribution in [-0.2, 0) is 16.0 Å². The molecule has 27 heavy (non-hydrogen) atoms. The summed E-state index contributed by atoms with van der Waals surface area (Å²) in [5.41, 5.74) is 4.14. The normalized spacial score (nSPS) is 15.5. The number of carbonyl (C=O) groups excluding carboxylic acids is 2. The SMILES string of the molecule is Cc1cc2occ(CC(=O)NC3CCN(C(=O)CC(C)C)CC3)c2cc1C. The van der Waals surface area contributed by atoms with E-state index < -0.39 is 0 Å². The summed E-state index contributed by atoms with van der Waals surface area (Å²) >= 11 is 0. The molecule has 2 heterocycles. The molecule has 1 fully saturated rings. The lowest BCUT2D eigenvalue weighted by molar-refractivity contribution is -0.133. The summed E-state index contributed by atoms with van der Waals surface area (Å²) in [6.07, 6.45) is 4.25. The molecule has 0 aliphatic carbocycles. The molecule has 2 aromatic rings. The number of carbonyl (C=O) groups is 2. The lowest BCUT2D eigenvalue weighted by Crippen LogP contribution is -2.47. The zero-order valence-corrected chi connectivity index (χ0v) is 16.8. The summed E-state index contributed by atoms with van der Waals surface area (Å²) < 4.78 is 5.62. The number of amides is 2. The molecule has 0 spiro atoms. The van der Waals surface area contributed by atoms with Gasteiger partial charge in [0.2, 0.25) is 11.8 Å². The van der Waals surface area contributed by atoms with Crippen LogP contribution >= 0.6 is 0 Å². The summed E-state index contributed by atoms with van der Waals surface area (Å²) in [5.74, 6) is 0.625. The number of hydrogen-bond acceptors (Lipinski definition) is 3. The fraction of sp³-hybridized carbons (Fsp3) is 0.545. The standard InChI is InChI=1S/C22H30N2O3/c1-14(2)9-22(26)24-7-5-18(6-8-24)23-21(25)12-17-13-27-20-11-16(4)15(3)10-19(17)20/h10-11,13-14,18H,5-9,12H2,1-4H3,(H,23,25). The average Bonchev–Trinajstić information content (AvgIpc) is 2.97. The Kier molecular flexibility index (Phi) is 5.88. The van der Waals surface area contributed by atoms with Crippen LogP contribution in [0.2, 0.25) is 0 Å². The predicted molar refractivity (Wildman–Crippen MR) is 107 cm³/mol. The lowest BCUT2D eigenvalue weighted by atomic mass is 10.0. The van der Waals surface area contributed by atoms with E-state index in [4.69, 9.17) is 4.42 Å². The molecule has 0 bridgehead atoms. The van der Waals surface area contributed by atoms with E-state index >= 15 is 0 Å². The third-order valence-corrected chi connectivity index (χ3v) is 5.42. The van der Waals surface area contributed by atoms with E-state index in [1.165, 1.54) is 11.1 Å². The molecule has 1 saturated heterocycles. The number of furan rings is 1. The van der Waals surface area contributed by atoms with Crippen LogP contribution in [0.25, 0.3) is 11.0 Å². The number of piperidine rings is 1. The van der Waals surface area contributed by atoms with Crippen LogP contribution in [0.1, 0.15) is 49.8 Å². The first-order valence-corrected chi connectivity index (χ1v) is 9.88. The lowest BCUT2D eigenvalue weighted by Gasteiger charge is -2.32. The molecule has 5 heteroatoms. The van der Waals surface area contributed by atoms with Crippen molar-refractivity contribution in [1.29, 1.82) is 0 Å². The van der Waals surface area contributed by atoms with Gasteiger partial charge in [-0.15, -0.1) is 0 Å². The van der Waals surface area contributed by atoms with Gasteiger partial charge < -0.3 is 14.6 Å². The summed E-state index contributed by atoms with van der Waals surface area (Å²) in [6, 6.07) is 4.26. The number of likely N-dealkylation sites (tertiary alicyclic amines) is 1. The molecular weight excluding hydrogens is 340 g/mol. The van der Waals surface area contributed by atoms with Crippen LogP contribution in [-0.4, -0.2) is 35.8 Å². The van der Waals surface area contributed by atoms with Crippen LogP contribution < -0.4 is 5.32 Å². The van der Waals surface area contributed by atoms with Gasteiger partial charge in [-0.3, -0.25) is 9.59 Å². The zero-order valence-electron chi connectivity index (χ0n) is 16.8. The highest BCUT2D eigenvalue weighted by Gasteiger charge is 2.24. The van der Waals surface area contributed by atoms with Gasteiger partial charge in [-0.1, -0.05) is 13.8 Å². The largest absolute Gasteiger partial charge is 0.464 e. The molecule has 5 nitrogen and oxygen atoms in total. The number of nitrogens with one attached hydrogen (secondary N) is 1. The van der Waals surface area contributed by atoms with E-state index in [9.17, 15) is 9.59 Å². The summed E-state index contributed by atoms with van der Waals surface area (Å²) in [5, 5.41) is 4.15. The van der Waals surface area contributed by atoms with E-state index in [-0.39, 0.29) is 17.9 Å². The van der Waals surface area contributed by atoms with E-state index in [1.54, 1.807) is 6.26 Å². The fourth-order valence-electron chi connectivity index (χ4n) is 3.68. The van der Waals surface area contributed by atoms with Crippen molar-refractivity contribution in [3.63, 3.8) is 0 Å². The smallest absolute Gasteiger partial charge is 0.224 e. The van der Waals surface area contributed by atoms with Crippen molar-refractivity contribution in [1.82, 2.24) is 10.2 Å². The number of rotatable bonds is 5. The number of nitrogens with zero attached hydrogens (tertiary/aromatic N) is 1. The number of benzene rings is 1. The van der Waals surface area contributed by atoms with Gasteiger partial charge >= 0.3 is 0 Å². The minimum atomic E-state index is 0.0166. The summed E-state index contributed by atoms with van der Waals surface area (Å²) in [6.45, 7) is 9.70. The van der Waals surface area contributed by atoms with Gasteiger partial charge in [0.05, 0.1) is 12.7 Å². The second kappa shape index (κ2) is 8.15. The van der Waals surface area contributed by atoms with Crippen LogP contribution in [0, 0.1) is 19.8 Å². The number of fused-ring (bicyclic) bond motifs is 1. The molecule has 146 valence electrons. The Balaban J connectivity index is 1.54. The van der Waals surface area contributed by atoms with Crippen molar-refractivity contribution < 1.29 is 14.0 Å².